The van der Waals surface area contributed by atoms with Crippen LogP contribution in [-0.4, -0.2) is 36.8 Å². The molecule has 2 rings (SSSR count). The lowest BCUT2D eigenvalue weighted by molar-refractivity contribution is -0.158. The quantitative estimate of drug-likeness (QED) is 0.522. The number of rotatable bonds is 8. The maximum atomic E-state index is 12.4. The fraction of sp³-hybridized carbons (Fsp3) is 0.238. The third-order valence-corrected chi connectivity index (χ3v) is 3.76. The molecule has 2 aromatic carbocycles. The van der Waals surface area contributed by atoms with E-state index >= 15 is 0 Å². The molecule has 0 unspecified atom stereocenters. The minimum Gasteiger partial charge on any atom is -0.482 e. The summed E-state index contributed by atoms with van der Waals surface area (Å²) in [5, 5.41) is 4.57. The zero-order valence-electron chi connectivity index (χ0n) is 16.1. The monoisotopic (exact) mass is 398 g/mol. The van der Waals surface area contributed by atoms with Crippen molar-refractivity contribution in [3.05, 3.63) is 65.7 Å². The number of esters is 1. The molecule has 3 amide bonds. The van der Waals surface area contributed by atoms with Crippen molar-refractivity contribution in [1.29, 1.82) is 0 Å². The van der Waals surface area contributed by atoms with Crippen LogP contribution in [0.1, 0.15) is 35.9 Å². The van der Waals surface area contributed by atoms with Gasteiger partial charge in [0, 0.05) is 17.7 Å². The molecular formula is C21H22N2O6. The Morgan fingerprint density at radius 1 is 1.00 bits per heavy atom. The van der Waals surface area contributed by atoms with Crippen LogP contribution >= 0.6 is 0 Å². The number of Topliss-reactive ketones (excluding diaryl/α,β-unsaturated/α-hetero) is 1. The maximum Gasteiger partial charge on any atom is 0.345 e. The highest BCUT2D eigenvalue weighted by Crippen LogP contribution is 2.19. The van der Waals surface area contributed by atoms with E-state index in [0.29, 0.717) is 23.4 Å². The van der Waals surface area contributed by atoms with Gasteiger partial charge in [0.1, 0.15) is 5.75 Å². The first-order chi connectivity index (χ1) is 13.9. The van der Waals surface area contributed by atoms with E-state index in [0.717, 1.165) is 0 Å². The van der Waals surface area contributed by atoms with Crippen LogP contribution in [0.15, 0.2) is 54.6 Å². The number of hydrogen-bond acceptors (Lipinski definition) is 6. The van der Waals surface area contributed by atoms with Crippen LogP contribution in [0, 0.1) is 0 Å². The standard InChI is InChI=1S/C21H22N2O6/c1-3-22-21(27)23-20(26)19(15-8-5-4-6-9-15)29-18(25)13-28-17-11-7-10-16(12-17)14(2)24/h4-12,19H,3,13H2,1-2H3,(H2,22,23,26,27)/t19-/m0/s1. The van der Waals surface area contributed by atoms with Gasteiger partial charge in [-0.25, -0.2) is 9.59 Å². The van der Waals surface area contributed by atoms with Crippen molar-refractivity contribution < 1.29 is 28.7 Å². The second-order valence-corrected chi connectivity index (χ2v) is 6.00. The van der Waals surface area contributed by atoms with Gasteiger partial charge in [-0.3, -0.25) is 14.9 Å². The lowest BCUT2D eigenvalue weighted by Gasteiger charge is -2.18. The van der Waals surface area contributed by atoms with Crippen molar-refractivity contribution in [3.63, 3.8) is 0 Å². The van der Waals surface area contributed by atoms with Crippen molar-refractivity contribution >= 4 is 23.7 Å². The van der Waals surface area contributed by atoms with Crippen LogP contribution < -0.4 is 15.4 Å². The third kappa shape index (κ3) is 6.76. The average molecular weight is 398 g/mol. The number of benzene rings is 2. The van der Waals surface area contributed by atoms with Gasteiger partial charge in [-0.2, -0.15) is 0 Å². The molecule has 8 nitrogen and oxygen atoms in total. The molecule has 0 fully saturated rings. The summed E-state index contributed by atoms with van der Waals surface area (Å²) in [6, 6.07) is 14.0. The Bertz CT molecular complexity index is 882. The summed E-state index contributed by atoms with van der Waals surface area (Å²) in [6.07, 6.45) is -1.32. The van der Waals surface area contributed by atoms with Gasteiger partial charge in [0.15, 0.2) is 12.4 Å². The number of amides is 3. The van der Waals surface area contributed by atoms with E-state index in [9.17, 15) is 19.2 Å². The van der Waals surface area contributed by atoms with Gasteiger partial charge >= 0.3 is 12.0 Å². The van der Waals surface area contributed by atoms with Gasteiger partial charge in [0.05, 0.1) is 0 Å². The predicted molar refractivity (Wildman–Crippen MR) is 104 cm³/mol. The molecular weight excluding hydrogens is 376 g/mol. The fourth-order valence-electron chi connectivity index (χ4n) is 2.40. The highest BCUT2D eigenvalue weighted by Gasteiger charge is 2.26. The zero-order chi connectivity index (χ0) is 21.2. The van der Waals surface area contributed by atoms with Crippen molar-refractivity contribution in [2.24, 2.45) is 0 Å². The Morgan fingerprint density at radius 3 is 2.38 bits per heavy atom. The maximum absolute atomic E-state index is 12.4. The molecule has 0 spiro atoms. The van der Waals surface area contributed by atoms with Crippen LogP contribution in [-0.2, 0) is 14.3 Å². The minimum absolute atomic E-state index is 0.135. The van der Waals surface area contributed by atoms with Crippen molar-refractivity contribution in [1.82, 2.24) is 10.6 Å². The van der Waals surface area contributed by atoms with E-state index in [2.05, 4.69) is 10.6 Å². The Kier molecular flexibility index (Phi) is 7.90. The molecule has 152 valence electrons. The molecule has 2 aromatic rings. The van der Waals surface area contributed by atoms with Crippen LogP contribution in [0.2, 0.25) is 0 Å². The molecule has 0 aliphatic heterocycles. The van der Waals surface area contributed by atoms with Crippen LogP contribution in [0.4, 0.5) is 4.79 Å². The van der Waals surface area contributed by atoms with E-state index in [1.165, 1.54) is 13.0 Å². The minimum atomic E-state index is -1.32. The second-order valence-electron chi connectivity index (χ2n) is 6.00. The summed E-state index contributed by atoms with van der Waals surface area (Å²) >= 11 is 0. The molecule has 0 radical (unpaired) electrons. The molecule has 0 saturated carbocycles. The zero-order valence-corrected chi connectivity index (χ0v) is 16.1. The van der Waals surface area contributed by atoms with Gasteiger partial charge in [-0.1, -0.05) is 42.5 Å². The first-order valence-corrected chi connectivity index (χ1v) is 8.97. The summed E-state index contributed by atoms with van der Waals surface area (Å²) in [5.41, 5.74) is 0.848. The highest BCUT2D eigenvalue weighted by molar-refractivity contribution is 5.97. The van der Waals surface area contributed by atoms with Gasteiger partial charge in [-0.05, 0) is 26.0 Å². The number of carbonyl (C=O) groups excluding carboxylic acids is 4. The van der Waals surface area contributed by atoms with Crippen molar-refractivity contribution in [3.8, 4) is 5.75 Å². The van der Waals surface area contributed by atoms with Gasteiger partial charge in [-0.15, -0.1) is 0 Å². The SMILES string of the molecule is CCNC(=O)NC(=O)[C@@H](OC(=O)COc1cccc(C(C)=O)c1)c1ccccc1. The third-order valence-electron chi connectivity index (χ3n) is 3.76. The summed E-state index contributed by atoms with van der Waals surface area (Å²) in [4.78, 5) is 47.7. The number of urea groups is 1. The van der Waals surface area contributed by atoms with Gasteiger partial charge in [0.2, 0.25) is 6.10 Å². The van der Waals surface area contributed by atoms with Crippen molar-refractivity contribution in [2.45, 2.75) is 20.0 Å². The average Bonchev–Trinajstić information content (AvgIpc) is 2.71. The molecule has 8 heteroatoms. The molecule has 0 saturated heterocycles. The molecule has 0 aromatic heterocycles. The van der Waals surface area contributed by atoms with E-state index in [1.807, 2.05) is 0 Å². The normalized spacial score (nSPS) is 11.1. The molecule has 1 atom stereocenters. The number of ketones is 1. The Balaban J connectivity index is 2.05. The smallest absolute Gasteiger partial charge is 0.345 e. The fourth-order valence-corrected chi connectivity index (χ4v) is 2.40. The summed E-state index contributed by atoms with van der Waals surface area (Å²) in [5.74, 6) is -1.41. The van der Waals surface area contributed by atoms with E-state index in [4.69, 9.17) is 9.47 Å². The predicted octanol–water partition coefficient (Wildman–Crippen LogP) is 2.40. The van der Waals surface area contributed by atoms with E-state index < -0.39 is 30.6 Å². The molecule has 2 N–H and O–H groups in total. The summed E-state index contributed by atoms with van der Waals surface area (Å²) in [7, 11) is 0. The lowest BCUT2D eigenvalue weighted by atomic mass is 10.1. The van der Waals surface area contributed by atoms with E-state index in [1.54, 1.807) is 55.5 Å². The Morgan fingerprint density at radius 2 is 1.72 bits per heavy atom. The van der Waals surface area contributed by atoms with Crippen LogP contribution in [0.5, 0.6) is 5.75 Å². The lowest BCUT2D eigenvalue weighted by Crippen LogP contribution is -2.42. The Labute approximate surface area is 168 Å². The topological polar surface area (TPSA) is 111 Å². The summed E-state index contributed by atoms with van der Waals surface area (Å²) < 4.78 is 10.6. The van der Waals surface area contributed by atoms with Crippen LogP contribution in [0.3, 0.4) is 0 Å². The van der Waals surface area contributed by atoms with Crippen molar-refractivity contribution in [2.75, 3.05) is 13.2 Å². The highest BCUT2D eigenvalue weighted by atomic mass is 16.6. The number of ether oxygens (including phenoxy) is 2. The molecule has 29 heavy (non-hydrogen) atoms. The number of carbonyl (C=O) groups is 4. The molecule has 0 aliphatic rings. The molecule has 0 bridgehead atoms. The molecule has 0 aliphatic carbocycles. The van der Waals surface area contributed by atoms with Crippen LogP contribution in [0.25, 0.3) is 0 Å². The summed E-state index contributed by atoms with van der Waals surface area (Å²) in [6.45, 7) is 2.99. The number of imide groups is 1. The largest absolute Gasteiger partial charge is 0.482 e. The first-order valence-electron chi connectivity index (χ1n) is 8.97. The van der Waals surface area contributed by atoms with E-state index in [-0.39, 0.29) is 5.78 Å². The Hall–Kier alpha value is -3.68. The number of nitrogens with one attached hydrogen (secondary N) is 2. The second kappa shape index (κ2) is 10.6. The first kappa shape index (κ1) is 21.6. The van der Waals surface area contributed by atoms with Gasteiger partial charge < -0.3 is 14.8 Å². The number of hydrogen-bond donors (Lipinski definition) is 2. The molecule has 0 heterocycles. The van der Waals surface area contributed by atoms with Gasteiger partial charge in [0.25, 0.3) is 5.91 Å².